The topological polar surface area (TPSA) is 61.4 Å². The van der Waals surface area contributed by atoms with Gasteiger partial charge in [0.1, 0.15) is 0 Å². The quantitative estimate of drug-likeness (QED) is 0.817. The highest BCUT2D eigenvalue weighted by Crippen LogP contribution is 2.05. The molecule has 0 aliphatic heterocycles. The average Bonchev–Trinajstić information content (AvgIpc) is 2.60. The summed E-state index contributed by atoms with van der Waals surface area (Å²) in [4.78, 5) is 26.0. The van der Waals surface area contributed by atoms with Crippen LogP contribution in [0.25, 0.3) is 0 Å². The van der Waals surface area contributed by atoms with Gasteiger partial charge in [-0.3, -0.25) is 9.59 Å². The molecule has 2 amide bonds. The van der Waals surface area contributed by atoms with Crippen LogP contribution in [0.15, 0.2) is 54.6 Å². The van der Waals surface area contributed by atoms with Crippen molar-refractivity contribution in [3.05, 3.63) is 71.3 Å². The number of carbonyl (C=O) groups is 2. The Kier molecular flexibility index (Phi) is 6.51. The summed E-state index contributed by atoms with van der Waals surface area (Å²) in [7, 11) is 3.93. The van der Waals surface area contributed by atoms with Gasteiger partial charge in [0.15, 0.2) is 0 Å². The maximum atomic E-state index is 12.0. The molecule has 0 spiro atoms. The molecule has 0 aliphatic rings. The summed E-state index contributed by atoms with van der Waals surface area (Å²) < 4.78 is 0. The molecule has 5 nitrogen and oxygen atoms in total. The van der Waals surface area contributed by atoms with Gasteiger partial charge in [0.2, 0.25) is 0 Å². The van der Waals surface area contributed by atoms with E-state index in [1.54, 1.807) is 24.3 Å². The third-order valence-electron chi connectivity index (χ3n) is 3.55. The highest BCUT2D eigenvalue weighted by molar-refractivity contribution is 5.94. The van der Waals surface area contributed by atoms with Crippen LogP contribution in [0.5, 0.6) is 0 Å². The van der Waals surface area contributed by atoms with Gasteiger partial charge in [0, 0.05) is 30.8 Å². The number of benzene rings is 2. The van der Waals surface area contributed by atoms with E-state index in [1.165, 1.54) is 0 Å². The zero-order chi connectivity index (χ0) is 17.4. The standard InChI is InChI=1S/C19H23N3O2/c1-22(2)13-12-20-18(23)17-10-8-15(9-11-17)14-21-19(24)16-6-4-3-5-7-16/h3-11H,12-14H2,1-2H3,(H,20,23)(H,21,24). The molecule has 0 heterocycles. The van der Waals surface area contributed by atoms with Gasteiger partial charge in [0.05, 0.1) is 0 Å². The number of rotatable bonds is 7. The van der Waals surface area contributed by atoms with Crippen LogP contribution in [-0.2, 0) is 6.54 Å². The first-order valence-electron chi connectivity index (χ1n) is 7.91. The van der Waals surface area contributed by atoms with Crippen molar-refractivity contribution in [1.29, 1.82) is 0 Å². The van der Waals surface area contributed by atoms with E-state index >= 15 is 0 Å². The molecular formula is C19H23N3O2. The minimum atomic E-state index is -0.110. The molecule has 2 aromatic rings. The van der Waals surface area contributed by atoms with Crippen LogP contribution >= 0.6 is 0 Å². The second-order valence-corrected chi connectivity index (χ2v) is 5.80. The van der Waals surface area contributed by atoms with E-state index in [9.17, 15) is 9.59 Å². The van der Waals surface area contributed by atoms with Gasteiger partial charge in [-0.2, -0.15) is 0 Å². The fraction of sp³-hybridized carbons (Fsp3) is 0.263. The molecule has 0 radical (unpaired) electrons. The molecule has 5 heteroatoms. The smallest absolute Gasteiger partial charge is 0.251 e. The van der Waals surface area contributed by atoms with E-state index in [0.29, 0.717) is 24.2 Å². The second-order valence-electron chi connectivity index (χ2n) is 5.80. The van der Waals surface area contributed by atoms with Crippen LogP contribution in [0.2, 0.25) is 0 Å². The van der Waals surface area contributed by atoms with Crippen molar-refractivity contribution < 1.29 is 9.59 Å². The van der Waals surface area contributed by atoms with Gasteiger partial charge in [-0.15, -0.1) is 0 Å². The molecule has 0 unspecified atom stereocenters. The van der Waals surface area contributed by atoms with Crippen LogP contribution in [0.1, 0.15) is 26.3 Å². The lowest BCUT2D eigenvalue weighted by Crippen LogP contribution is -2.31. The number of likely N-dealkylation sites (N-methyl/N-ethyl adjacent to an activating group) is 1. The summed E-state index contributed by atoms with van der Waals surface area (Å²) in [5, 5.41) is 5.74. The first-order valence-corrected chi connectivity index (χ1v) is 7.91. The molecule has 0 atom stereocenters. The van der Waals surface area contributed by atoms with Crippen molar-refractivity contribution in [3.8, 4) is 0 Å². The third-order valence-corrected chi connectivity index (χ3v) is 3.55. The molecule has 126 valence electrons. The molecule has 2 N–H and O–H groups in total. The SMILES string of the molecule is CN(C)CCNC(=O)c1ccc(CNC(=O)c2ccccc2)cc1. The maximum absolute atomic E-state index is 12.0. The van der Waals surface area contributed by atoms with E-state index in [0.717, 1.165) is 12.1 Å². The van der Waals surface area contributed by atoms with Gasteiger partial charge in [-0.25, -0.2) is 0 Å². The number of carbonyl (C=O) groups excluding carboxylic acids is 2. The Morgan fingerprint density at radius 3 is 2.04 bits per heavy atom. The number of hydrogen-bond donors (Lipinski definition) is 2. The molecule has 0 aromatic heterocycles. The van der Waals surface area contributed by atoms with Gasteiger partial charge in [0.25, 0.3) is 11.8 Å². The lowest BCUT2D eigenvalue weighted by molar-refractivity contribution is 0.0941. The van der Waals surface area contributed by atoms with E-state index in [1.807, 2.05) is 49.3 Å². The lowest BCUT2D eigenvalue weighted by atomic mass is 10.1. The Bertz CT molecular complexity index is 667. The molecule has 2 rings (SSSR count). The van der Waals surface area contributed by atoms with E-state index in [4.69, 9.17) is 0 Å². The van der Waals surface area contributed by atoms with Crippen molar-refractivity contribution in [2.45, 2.75) is 6.54 Å². The summed E-state index contributed by atoms with van der Waals surface area (Å²) >= 11 is 0. The normalized spacial score (nSPS) is 10.5. The van der Waals surface area contributed by atoms with Crippen molar-refractivity contribution in [2.75, 3.05) is 27.2 Å². The predicted molar refractivity (Wildman–Crippen MR) is 94.9 cm³/mol. The Morgan fingerprint density at radius 1 is 0.833 bits per heavy atom. The largest absolute Gasteiger partial charge is 0.351 e. The van der Waals surface area contributed by atoms with Crippen LogP contribution in [0.4, 0.5) is 0 Å². The van der Waals surface area contributed by atoms with Crippen molar-refractivity contribution in [3.63, 3.8) is 0 Å². The average molecular weight is 325 g/mol. The molecule has 2 aromatic carbocycles. The fourth-order valence-electron chi connectivity index (χ4n) is 2.14. The number of hydrogen-bond acceptors (Lipinski definition) is 3. The summed E-state index contributed by atoms with van der Waals surface area (Å²) in [5.74, 6) is -0.196. The first kappa shape index (κ1) is 17.7. The van der Waals surface area contributed by atoms with Crippen LogP contribution in [0, 0.1) is 0 Å². The molecule has 0 aliphatic carbocycles. The molecule has 0 saturated heterocycles. The summed E-state index contributed by atoms with van der Waals surface area (Å²) in [5.41, 5.74) is 2.20. The Morgan fingerprint density at radius 2 is 1.42 bits per heavy atom. The van der Waals surface area contributed by atoms with Crippen LogP contribution in [0.3, 0.4) is 0 Å². The monoisotopic (exact) mass is 325 g/mol. The van der Waals surface area contributed by atoms with Crippen LogP contribution in [-0.4, -0.2) is 43.9 Å². The minimum absolute atomic E-state index is 0.0864. The van der Waals surface area contributed by atoms with Crippen molar-refractivity contribution in [2.24, 2.45) is 0 Å². The van der Waals surface area contributed by atoms with E-state index < -0.39 is 0 Å². The fourth-order valence-corrected chi connectivity index (χ4v) is 2.14. The predicted octanol–water partition coefficient (Wildman–Crippen LogP) is 1.91. The number of nitrogens with one attached hydrogen (secondary N) is 2. The summed E-state index contributed by atoms with van der Waals surface area (Å²) in [6, 6.07) is 16.3. The Hall–Kier alpha value is -2.66. The summed E-state index contributed by atoms with van der Waals surface area (Å²) in [6.45, 7) is 1.84. The van der Waals surface area contributed by atoms with Gasteiger partial charge in [-0.05, 0) is 43.9 Å². The van der Waals surface area contributed by atoms with Gasteiger partial charge >= 0.3 is 0 Å². The molecule has 24 heavy (non-hydrogen) atoms. The zero-order valence-electron chi connectivity index (χ0n) is 14.1. The zero-order valence-corrected chi connectivity index (χ0v) is 14.1. The molecule has 0 saturated carbocycles. The van der Waals surface area contributed by atoms with Crippen molar-refractivity contribution in [1.82, 2.24) is 15.5 Å². The second kappa shape index (κ2) is 8.84. The molecule has 0 fully saturated rings. The highest BCUT2D eigenvalue weighted by atomic mass is 16.2. The van der Waals surface area contributed by atoms with Gasteiger partial charge < -0.3 is 15.5 Å². The lowest BCUT2D eigenvalue weighted by Gasteiger charge is -2.11. The van der Waals surface area contributed by atoms with Crippen LogP contribution < -0.4 is 10.6 Å². The highest BCUT2D eigenvalue weighted by Gasteiger charge is 2.06. The van der Waals surface area contributed by atoms with E-state index in [-0.39, 0.29) is 11.8 Å². The maximum Gasteiger partial charge on any atom is 0.251 e. The minimum Gasteiger partial charge on any atom is -0.351 e. The number of nitrogens with zero attached hydrogens (tertiary/aromatic N) is 1. The molecular weight excluding hydrogens is 302 g/mol. The third kappa shape index (κ3) is 5.52. The Balaban J connectivity index is 1.83. The summed E-state index contributed by atoms with van der Waals surface area (Å²) in [6.07, 6.45) is 0. The Labute approximate surface area is 142 Å². The number of amides is 2. The van der Waals surface area contributed by atoms with Crippen molar-refractivity contribution >= 4 is 11.8 Å². The van der Waals surface area contributed by atoms with E-state index in [2.05, 4.69) is 10.6 Å². The molecule has 0 bridgehead atoms. The van der Waals surface area contributed by atoms with Gasteiger partial charge in [-0.1, -0.05) is 30.3 Å². The first-order chi connectivity index (χ1) is 11.6.